The lowest BCUT2D eigenvalue weighted by Gasteiger charge is -2.07. The lowest BCUT2D eigenvalue weighted by atomic mass is 10.1. The third-order valence-corrected chi connectivity index (χ3v) is 2.82. The van der Waals surface area contributed by atoms with Crippen molar-refractivity contribution in [3.63, 3.8) is 0 Å². The molecule has 0 unspecified atom stereocenters. The van der Waals surface area contributed by atoms with Crippen molar-refractivity contribution in [2.75, 3.05) is 11.9 Å². The molecular weight excluding hydrogens is 214 g/mol. The largest absolute Gasteiger partial charge is 0.384 e. The number of nitrogens with one attached hydrogen (secondary N) is 1. The first-order valence-electron chi connectivity index (χ1n) is 5.40. The number of para-hydroxylation sites is 1. The van der Waals surface area contributed by atoms with Crippen LogP contribution in [0.3, 0.4) is 0 Å². The lowest BCUT2D eigenvalue weighted by molar-refractivity contribution is 1.01. The molecule has 0 fully saturated rings. The highest BCUT2D eigenvalue weighted by Gasteiger charge is 1.97. The lowest BCUT2D eigenvalue weighted by Crippen LogP contribution is -2.05. The Labute approximate surface area is 102 Å². The van der Waals surface area contributed by atoms with E-state index in [0.717, 1.165) is 23.5 Å². The molecule has 0 aliphatic carbocycles. The summed E-state index contributed by atoms with van der Waals surface area (Å²) in [4.78, 5) is 0.885. The van der Waals surface area contributed by atoms with Crippen LogP contribution in [0.15, 0.2) is 59.5 Å². The number of rotatable bonds is 4. The number of hydrogen-bond acceptors (Lipinski definition) is 1. The molecule has 2 aromatic carbocycles. The van der Waals surface area contributed by atoms with E-state index < -0.39 is 0 Å². The quantitative estimate of drug-likeness (QED) is 0.837. The van der Waals surface area contributed by atoms with Crippen molar-refractivity contribution >= 4 is 18.3 Å². The van der Waals surface area contributed by atoms with Crippen LogP contribution in [0.5, 0.6) is 0 Å². The van der Waals surface area contributed by atoms with Crippen LogP contribution in [0.25, 0.3) is 0 Å². The second-order valence-corrected chi connectivity index (χ2v) is 4.10. The summed E-state index contributed by atoms with van der Waals surface area (Å²) in [6, 6.07) is 18.4. The minimum absolute atomic E-state index is 0.885. The van der Waals surface area contributed by atoms with Crippen molar-refractivity contribution in [1.29, 1.82) is 0 Å². The smallest absolute Gasteiger partial charge is 0.0608 e. The second kappa shape index (κ2) is 5.52. The van der Waals surface area contributed by atoms with E-state index in [1.165, 1.54) is 5.56 Å². The molecule has 0 aromatic heterocycles. The molecule has 0 saturated heterocycles. The molecule has 2 heteroatoms. The minimum Gasteiger partial charge on any atom is -0.384 e. The fourth-order valence-corrected chi connectivity index (χ4v) is 1.82. The van der Waals surface area contributed by atoms with Gasteiger partial charge in [0.25, 0.3) is 0 Å². The fraction of sp³-hybridized carbons (Fsp3) is 0.143. The molecule has 0 amide bonds. The molecule has 0 aliphatic heterocycles. The van der Waals surface area contributed by atoms with Crippen molar-refractivity contribution in [2.24, 2.45) is 0 Å². The van der Waals surface area contributed by atoms with Crippen molar-refractivity contribution < 1.29 is 0 Å². The van der Waals surface area contributed by atoms with Crippen LogP contribution in [0.2, 0.25) is 0 Å². The van der Waals surface area contributed by atoms with Crippen molar-refractivity contribution in [2.45, 2.75) is 11.3 Å². The van der Waals surface area contributed by atoms with Gasteiger partial charge in [0.15, 0.2) is 0 Å². The van der Waals surface area contributed by atoms with Crippen molar-refractivity contribution in [3.05, 3.63) is 60.2 Å². The van der Waals surface area contributed by atoms with Crippen LogP contribution < -0.4 is 5.32 Å². The van der Waals surface area contributed by atoms with E-state index in [4.69, 9.17) is 12.6 Å². The molecule has 81 valence electrons. The number of anilines is 1. The van der Waals surface area contributed by atoms with E-state index in [-0.39, 0.29) is 0 Å². The molecular formula is C14H14NS. The van der Waals surface area contributed by atoms with Crippen LogP contribution in [0.4, 0.5) is 5.69 Å². The topological polar surface area (TPSA) is 12.0 Å². The van der Waals surface area contributed by atoms with Gasteiger partial charge in [-0.25, -0.2) is 0 Å². The molecule has 2 rings (SSSR count). The molecule has 16 heavy (non-hydrogen) atoms. The molecule has 1 N–H and O–H groups in total. The summed E-state index contributed by atoms with van der Waals surface area (Å²) in [6.45, 7) is 0.914. The summed E-state index contributed by atoms with van der Waals surface area (Å²) >= 11 is 5.22. The van der Waals surface area contributed by atoms with E-state index in [0.29, 0.717) is 0 Å². The van der Waals surface area contributed by atoms with E-state index in [2.05, 4.69) is 29.6 Å². The van der Waals surface area contributed by atoms with Gasteiger partial charge in [-0.15, -0.1) is 0 Å². The number of benzene rings is 2. The molecule has 0 atom stereocenters. The van der Waals surface area contributed by atoms with Crippen LogP contribution in [0.1, 0.15) is 5.56 Å². The van der Waals surface area contributed by atoms with E-state index in [1.807, 2.05) is 30.3 Å². The summed E-state index contributed by atoms with van der Waals surface area (Å²) in [7, 11) is 0. The summed E-state index contributed by atoms with van der Waals surface area (Å²) < 4.78 is 0. The predicted octanol–water partition coefficient (Wildman–Crippen LogP) is 3.90. The fourth-order valence-electron chi connectivity index (χ4n) is 1.60. The molecule has 2 aromatic rings. The first kappa shape index (κ1) is 11.0. The Hall–Kier alpha value is -1.54. The summed E-state index contributed by atoms with van der Waals surface area (Å²) in [5, 5.41) is 3.36. The van der Waals surface area contributed by atoms with Gasteiger partial charge in [-0.05, 0) is 24.1 Å². The van der Waals surface area contributed by atoms with Gasteiger partial charge in [-0.1, -0.05) is 55.1 Å². The van der Waals surface area contributed by atoms with Crippen LogP contribution in [-0.4, -0.2) is 6.54 Å². The van der Waals surface area contributed by atoms with Gasteiger partial charge in [-0.3, -0.25) is 0 Å². The van der Waals surface area contributed by atoms with Crippen molar-refractivity contribution in [1.82, 2.24) is 0 Å². The third kappa shape index (κ3) is 2.97. The SMILES string of the molecule is [S]c1ccccc1NCCc1ccccc1. The molecule has 0 heterocycles. The van der Waals surface area contributed by atoms with E-state index in [9.17, 15) is 0 Å². The zero-order valence-electron chi connectivity index (χ0n) is 9.02. The molecule has 0 bridgehead atoms. The zero-order valence-corrected chi connectivity index (χ0v) is 9.84. The van der Waals surface area contributed by atoms with Gasteiger partial charge in [0.2, 0.25) is 0 Å². The first-order valence-corrected chi connectivity index (χ1v) is 5.81. The third-order valence-electron chi connectivity index (χ3n) is 2.46. The highest BCUT2D eigenvalue weighted by Crippen LogP contribution is 2.18. The van der Waals surface area contributed by atoms with Gasteiger partial charge in [-0.2, -0.15) is 0 Å². The van der Waals surface area contributed by atoms with E-state index >= 15 is 0 Å². The Morgan fingerprint density at radius 2 is 1.56 bits per heavy atom. The van der Waals surface area contributed by atoms with Gasteiger partial charge >= 0.3 is 0 Å². The maximum Gasteiger partial charge on any atom is 0.0608 e. The Morgan fingerprint density at radius 3 is 2.31 bits per heavy atom. The zero-order chi connectivity index (χ0) is 11.2. The highest BCUT2D eigenvalue weighted by molar-refractivity contribution is 7.80. The monoisotopic (exact) mass is 228 g/mol. The molecule has 1 radical (unpaired) electrons. The Morgan fingerprint density at radius 1 is 0.875 bits per heavy atom. The summed E-state index contributed by atoms with van der Waals surface area (Å²) in [5.41, 5.74) is 2.39. The maximum atomic E-state index is 5.22. The van der Waals surface area contributed by atoms with Gasteiger partial charge in [0.1, 0.15) is 0 Å². The molecule has 0 aliphatic rings. The summed E-state index contributed by atoms with van der Waals surface area (Å²) in [5.74, 6) is 0. The van der Waals surface area contributed by atoms with Gasteiger partial charge in [0.05, 0.1) is 10.6 Å². The minimum atomic E-state index is 0.885. The number of hydrogen-bond donors (Lipinski definition) is 1. The Kier molecular flexibility index (Phi) is 3.78. The molecule has 1 nitrogen and oxygen atoms in total. The Bertz CT molecular complexity index is 439. The second-order valence-electron chi connectivity index (χ2n) is 3.66. The van der Waals surface area contributed by atoms with E-state index in [1.54, 1.807) is 0 Å². The Balaban J connectivity index is 1.87. The average molecular weight is 228 g/mol. The van der Waals surface area contributed by atoms with Crippen LogP contribution in [0, 0.1) is 0 Å². The molecule has 0 saturated carbocycles. The normalized spacial score (nSPS) is 10.0. The average Bonchev–Trinajstić information content (AvgIpc) is 2.33. The van der Waals surface area contributed by atoms with Crippen LogP contribution in [-0.2, 0) is 6.42 Å². The van der Waals surface area contributed by atoms with Crippen LogP contribution >= 0.6 is 12.6 Å². The van der Waals surface area contributed by atoms with Crippen molar-refractivity contribution in [3.8, 4) is 0 Å². The first-order chi connectivity index (χ1) is 7.86. The standard InChI is InChI=1S/C14H14NS/c16-14-9-5-4-8-13(14)15-11-10-12-6-2-1-3-7-12/h1-9,15H,10-11H2. The molecule has 0 spiro atoms. The van der Waals surface area contributed by atoms with Gasteiger partial charge < -0.3 is 5.32 Å². The maximum absolute atomic E-state index is 5.22. The highest BCUT2D eigenvalue weighted by atomic mass is 32.1. The summed E-state index contributed by atoms with van der Waals surface area (Å²) in [6.07, 6.45) is 1.02. The predicted molar refractivity (Wildman–Crippen MR) is 70.9 cm³/mol. The van der Waals surface area contributed by atoms with Gasteiger partial charge in [0, 0.05) is 6.54 Å².